The Morgan fingerprint density at radius 2 is 2.19 bits per heavy atom. The van der Waals surface area contributed by atoms with Crippen LogP contribution in [0.1, 0.15) is 46.4 Å². The van der Waals surface area contributed by atoms with Crippen LogP contribution >= 0.6 is 11.3 Å². The van der Waals surface area contributed by atoms with Crippen LogP contribution in [0, 0.1) is 19.8 Å². The Hall–Kier alpha value is -2.58. The highest BCUT2D eigenvalue weighted by atomic mass is 32.1. The molecule has 4 heterocycles. The largest absolute Gasteiger partial charge is 0.462 e. The summed E-state index contributed by atoms with van der Waals surface area (Å²) in [5.41, 5.74) is 2.16. The molecule has 8 heteroatoms. The Morgan fingerprint density at radius 1 is 1.34 bits per heavy atom. The summed E-state index contributed by atoms with van der Waals surface area (Å²) in [6, 6.07) is 4.11. The number of thiophene rings is 1. The fourth-order valence-corrected chi connectivity index (χ4v) is 5.67. The number of aryl methyl sites for hydroxylation is 2. The lowest BCUT2D eigenvalue weighted by molar-refractivity contribution is 0.0531. The van der Waals surface area contributed by atoms with Gasteiger partial charge in [0.2, 0.25) is 0 Å². The zero-order valence-electron chi connectivity index (χ0n) is 19.3. The second-order valence-corrected chi connectivity index (χ2v) is 9.56. The van der Waals surface area contributed by atoms with Crippen molar-refractivity contribution in [2.45, 2.75) is 40.2 Å². The van der Waals surface area contributed by atoms with E-state index in [1.54, 1.807) is 0 Å². The molecule has 0 amide bonds. The van der Waals surface area contributed by atoms with E-state index in [1.165, 1.54) is 23.3 Å². The van der Waals surface area contributed by atoms with Crippen molar-refractivity contribution in [2.24, 2.45) is 5.92 Å². The molecule has 1 atom stereocenters. The topological polar surface area (TPSA) is 71.5 Å². The van der Waals surface area contributed by atoms with Crippen LogP contribution in [-0.2, 0) is 11.3 Å². The molecule has 1 fully saturated rings. The average Bonchev–Trinajstić information content (AvgIpc) is 3.10. The van der Waals surface area contributed by atoms with E-state index < -0.39 is 0 Å². The minimum Gasteiger partial charge on any atom is -0.462 e. The van der Waals surface area contributed by atoms with Gasteiger partial charge in [-0.25, -0.2) is 14.8 Å². The third-order valence-corrected chi connectivity index (χ3v) is 7.07. The minimum atomic E-state index is -0.273. The number of nitrogens with zero attached hydrogens (tertiary/aromatic N) is 5. The third kappa shape index (κ3) is 4.91. The number of hydrogen-bond acceptors (Lipinski definition) is 8. The smallest absolute Gasteiger partial charge is 0.348 e. The summed E-state index contributed by atoms with van der Waals surface area (Å²) in [5, 5.41) is 0.994. The van der Waals surface area contributed by atoms with E-state index in [-0.39, 0.29) is 5.97 Å². The van der Waals surface area contributed by atoms with E-state index in [4.69, 9.17) is 9.72 Å². The normalized spacial score (nSPS) is 16.7. The maximum atomic E-state index is 12.4. The maximum Gasteiger partial charge on any atom is 0.348 e. The number of rotatable bonds is 7. The zero-order valence-corrected chi connectivity index (χ0v) is 20.1. The van der Waals surface area contributed by atoms with Gasteiger partial charge in [-0.1, -0.05) is 6.07 Å². The monoisotopic (exact) mass is 453 g/mol. The van der Waals surface area contributed by atoms with Crippen molar-refractivity contribution in [2.75, 3.05) is 38.2 Å². The van der Waals surface area contributed by atoms with Crippen LogP contribution < -0.4 is 4.90 Å². The zero-order chi connectivity index (χ0) is 22.7. The second-order valence-electron chi connectivity index (χ2n) is 8.56. The molecule has 0 aromatic carbocycles. The Morgan fingerprint density at radius 3 is 2.94 bits per heavy atom. The molecule has 0 saturated carbocycles. The maximum absolute atomic E-state index is 12.4. The molecule has 4 rings (SSSR count). The minimum absolute atomic E-state index is 0.273. The van der Waals surface area contributed by atoms with E-state index in [2.05, 4.69) is 32.9 Å². The van der Waals surface area contributed by atoms with Crippen molar-refractivity contribution >= 4 is 33.3 Å². The molecule has 3 aromatic heterocycles. The van der Waals surface area contributed by atoms with Gasteiger partial charge in [-0.2, -0.15) is 0 Å². The number of esters is 1. The van der Waals surface area contributed by atoms with Gasteiger partial charge in [0.05, 0.1) is 12.0 Å². The Labute approximate surface area is 193 Å². The molecule has 170 valence electrons. The first kappa shape index (κ1) is 22.6. The highest BCUT2D eigenvalue weighted by Crippen LogP contribution is 2.37. The summed E-state index contributed by atoms with van der Waals surface area (Å²) in [7, 11) is 2.17. The molecule has 7 nitrogen and oxygen atoms in total. The molecular formula is C24H31N5O2S. The molecule has 0 spiro atoms. The lowest BCUT2D eigenvalue weighted by atomic mass is 9.97. The van der Waals surface area contributed by atoms with Gasteiger partial charge in [0.1, 0.15) is 21.3 Å². The van der Waals surface area contributed by atoms with Crippen LogP contribution in [0.25, 0.3) is 10.2 Å². The fourth-order valence-electron chi connectivity index (χ4n) is 4.56. The van der Waals surface area contributed by atoms with Gasteiger partial charge in [0.25, 0.3) is 0 Å². The molecule has 32 heavy (non-hydrogen) atoms. The van der Waals surface area contributed by atoms with Crippen molar-refractivity contribution in [3.63, 3.8) is 0 Å². The van der Waals surface area contributed by atoms with Crippen molar-refractivity contribution in [1.82, 2.24) is 19.9 Å². The number of aromatic nitrogens is 3. The third-order valence-electron chi connectivity index (χ3n) is 5.91. The molecule has 0 aliphatic carbocycles. The molecule has 1 saturated heterocycles. The predicted octanol–water partition coefficient (Wildman–Crippen LogP) is 4.23. The number of ether oxygens (including phenoxy) is 1. The van der Waals surface area contributed by atoms with Crippen molar-refractivity contribution in [1.29, 1.82) is 0 Å². The predicted molar refractivity (Wildman–Crippen MR) is 128 cm³/mol. The number of carbonyl (C=O) groups is 1. The van der Waals surface area contributed by atoms with Crippen LogP contribution in [0.5, 0.6) is 0 Å². The highest BCUT2D eigenvalue weighted by molar-refractivity contribution is 7.20. The molecular weight excluding hydrogens is 422 g/mol. The first-order valence-electron chi connectivity index (χ1n) is 11.2. The quantitative estimate of drug-likeness (QED) is 0.496. The summed E-state index contributed by atoms with van der Waals surface area (Å²) in [6.07, 6.45) is 6.08. The first-order valence-corrected chi connectivity index (χ1v) is 12.0. The van der Waals surface area contributed by atoms with Gasteiger partial charge < -0.3 is 14.5 Å². The van der Waals surface area contributed by atoms with Gasteiger partial charge in [0.15, 0.2) is 0 Å². The van der Waals surface area contributed by atoms with Gasteiger partial charge in [-0.3, -0.25) is 4.98 Å². The highest BCUT2D eigenvalue weighted by Gasteiger charge is 2.27. The summed E-state index contributed by atoms with van der Waals surface area (Å²) < 4.78 is 5.26. The van der Waals surface area contributed by atoms with Gasteiger partial charge in [-0.15, -0.1) is 11.3 Å². The van der Waals surface area contributed by atoms with Crippen molar-refractivity contribution < 1.29 is 9.53 Å². The first-order chi connectivity index (χ1) is 15.5. The summed E-state index contributed by atoms with van der Waals surface area (Å²) in [4.78, 5) is 32.4. The lowest BCUT2D eigenvalue weighted by Crippen LogP contribution is -2.40. The lowest BCUT2D eigenvalue weighted by Gasteiger charge is -2.36. The number of fused-ring (bicyclic) bond motifs is 1. The van der Waals surface area contributed by atoms with E-state index >= 15 is 0 Å². The van der Waals surface area contributed by atoms with Gasteiger partial charge in [-0.05, 0) is 63.8 Å². The number of piperidine rings is 1. The van der Waals surface area contributed by atoms with Crippen LogP contribution in [0.2, 0.25) is 0 Å². The van der Waals surface area contributed by atoms with Crippen LogP contribution in [-0.4, -0.2) is 59.1 Å². The summed E-state index contributed by atoms with van der Waals surface area (Å²) >= 11 is 1.41. The molecule has 0 unspecified atom stereocenters. The van der Waals surface area contributed by atoms with Gasteiger partial charge >= 0.3 is 5.97 Å². The standard InChI is InChI=1S/C24H31N5O2S/c1-5-31-24(30)21-16(2)20-22(26-17(3)27-23(20)32-21)29-11-7-9-19(15-29)14-28(4)13-18-8-6-10-25-12-18/h6,8,10,12,19H,5,7,9,11,13-15H2,1-4H3/t19-/m0/s1. The van der Waals surface area contributed by atoms with E-state index in [0.717, 1.165) is 60.0 Å². The van der Waals surface area contributed by atoms with Crippen LogP contribution in [0.4, 0.5) is 5.82 Å². The van der Waals surface area contributed by atoms with Crippen molar-refractivity contribution in [3.8, 4) is 0 Å². The second kappa shape index (κ2) is 9.92. The molecule has 3 aromatic rings. The molecule has 1 aliphatic rings. The van der Waals surface area contributed by atoms with Crippen molar-refractivity contribution in [3.05, 3.63) is 46.4 Å². The summed E-state index contributed by atoms with van der Waals surface area (Å²) in [5.74, 6) is 1.97. The SMILES string of the molecule is CCOC(=O)c1sc2nc(C)nc(N3CCC[C@@H](CN(C)Cc4cccnc4)C3)c2c1C. The Balaban J connectivity index is 1.55. The number of carbonyl (C=O) groups excluding carboxylic acids is 1. The fraction of sp³-hybridized carbons (Fsp3) is 0.500. The van der Waals surface area contributed by atoms with Gasteiger partial charge in [0, 0.05) is 38.6 Å². The molecule has 0 radical (unpaired) electrons. The van der Waals surface area contributed by atoms with Crippen LogP contribution in [0.3, 0.4) is 0 Å². The number of pyridine rings is 1. The molecule has 1 aliphatic heterocycles. The Bertz CT molecular complexity index is 1080. The molecule has 0 bridgehead atoms. The van der Waals surface area contributed by atoms with E-state index in [1.807, 2.05) is 39.2 Å². The van der Waals surface area contributed by atoms with E-state index in [0.29, 0.717) is 17.4 Å². The van der Waals surface area contributed by atoms with Crippen LogP contribution in [0.15, 0.2) is 24.5 Å². The number of hydrogen-bond donors (Lipinski definition) is 0. The average molecular weight is 454 g/mol. The van der Waals surface area contributed by atoms with E-state index in [9.17, 15) is 4.79 Å². The summed E-state index contributed by atoms with van der Waals surface area (Å²) in [6.45, 7) is 9.94. The molecule has 0 N–H and O–H groups in total. The number of anilines is 1. The Kier molecular flexibility index (Phi) is 7.01.